The molecule has 6 nitrogen and oxygen atoms in total. The van der Waals surface area contributed by atoms with Gasteiger partial charge >= 0.3 is 0 Å². The quantitative estimate of drug-likeness (QED) is 0.558. The van der Waals surface area contributed by atoms with Gasteiger partial charge in [0.05, 0.1) is 11.2 Å². The van der Waals surface area contributed by atoms with Crippen LogP contribution in [0.15, 0.2) is 0 Å². The Hall–Kier alpha value is -1.37. The molecule has 0 saturated carbocycles. The van der Waals surface area contributed by atoms with Crippen LogP contribution in [0.3, 0.4) is 0 Å². The van der Waals surface area contributed by atoms with Gasteiger partial charge in [-0.1, -0.05) is 34.6 Å². The lowest BCUT2D eigenvalue weighted by atomic mass is 9.72. The van der Waals surface area contributed by atoms with Crippen LogP contribution >= 0.6 is 11.8 Å². The lowest BCUT2D eigenvalue weighted by Gasteiger charge is -2.39. The highest BCUT2D eigenvalue weighted by molar-refractivity contribution is 8.01. The number of hydrogen-bond acceptors (Lipinski definition) is 5. The molecule has 0 aliphatic carbocycles. The van der Waals surface area contributed by atoms with Crippen LogP contribution in [0.4, 0.5) is 0 Å². The molecule has 176 valence electrons. The van der Waals surface area contributed by atoms with E-state index in [4.69, 9.17) is 0 Å². The number of amides is 4. The Labute approximate surface area is 191 Å². The fourth-order valence-electron chi connectivity index (χ4n) is 4.62. The SMILES string of the molecule is CC(C)(C)SC1CC(=O)N(C(C)(C)CCC(C)(C)C2CC(=O)N(C(C)(C)C)C2=O)C1=O. The van der Waals surface area contributed by atoms with Crippen LogP contribution in [0.5, 0.6) is 0 Å². The summed E-state index contributed by atoms with van der Waals surface area (Å²) in [5.41, 5.74) is -1.60. The molecular weight excluding hydrogens is 412 g/mol. The first kappa shape index (κ1) is 25.9. The van der Waals surface area contributed by atoms with Gasteiger partial charge in [-0.05, 0) is 52.9 Å². The van der Waals surface area contributed by atoms with E-state index < -0.39 is 16.5 Å². The van der Waals surface area contributed by atoms with Gasteiger partial charge < -0.3 is 0 Å². The highest BCUT2D eigenvalue weighted by atomic mass is 32.2. The number of carbonyl (C=O) groups is 4. The largest absolute Gasteiger partial charge is 0.277 e. The minimum absolute atomic E-state index is 0.100. The van der Waals surface area contributed by atoms with Gasteiger partial charge in [0.25, 0.3) is 0 Å². The molecule has 2 fully saturated rings. The van der Waals surface area contributed by atoms with Gasteiger partial charge in [0, 0.05) is 28.7 Å². The number of likely N-dealkylation sites (tertiary alicyclic amines) is 2. The summed E-state index contributed by atoms with van der Waals surface area (Å²) < 4.78 is -0.100. The Balaban J connectivity index is 2.12. The first-order valence-electron chi connectivity index (χ1n) is 11.2. The minimum Gasteiger partial charge on any atom is -0.277 e. The molecule has 2 saturated heterocycles. The van der Waals surface area contributed by atoms with E-state index in [1.54, 1.807) is 11.8 Å². The van der Waals surface area contributed by atoms with Crippen molar-refractivity contribution in [2.75, 3.05) is 0 Å². The van der Waals surface area contributed by atoms with Crippen LogP contribution in [-0.4, -0.2) is 54.5 Å². The summed E-state index contributed by atoms with van der Waals surface area (Å²) in [6.45, 7) is 19.6. The normalized spacial score (nSPS) is 24.1. The van der Waals surface area contributed by atoms with Gasteiger partial charge in [-0.3, -0.25) is 29.0 Å². The second-order valence-corrected chi connectivity index (χ2v) is 14.3. The molecule has 2 aliphatic heterocycles. The number of hydrogen-bond donors (Lipinski definition) is 0. The van der Waals surface area contributed by atoms with Crippen molar-refractivity contribution in [2.24, 2.45) is 11.3 Å². The molecule has 0 radical (unpaired) electrons. The lowest BCUT2D eigenvalue weighted by Crippen LogP contribution is -2.49. The third kappa shape index (κ3) is 5.52. The Morgan fingerprint density at radius 1 is 0.742 bits per heavy atom. The summed E-state index contributed by atoms with van der Waals surface area (Å²) in [5, 5.41) is -0.339. The summed E-state index contributed by atoms with van der Waals surface area (Å²) in [5.74, 6) is -0.861. The highest BCUT2D eigenvalue weighted by Crippen LogP contribution is 2.44. The molecule has 2 atom stereocenters. The molecule has 2 heterocycles. The first-order valence-corrected chi connectivity index (χ1v) is 12.1. The zero-order valence-corrected chi connectivity index (χ0v) is 21.7. The molecule has 0 aromatic carbocycles. The van der Waals surface area contributed by atoms with Crippen molar-refractivity contribution in [2.45, 2.75) is 116 Å². The Bertz CT molecular complexity index is 773. The standard InChI is InChI=1S/C24H40N2O4S/c1-21(2,3)25-17(27)13-15(19(25)29)23(7,8)11-12-24(9,10)26-18(28)14-16(20(26)30)31-22(4,5)6/h15-16H,11-14H2,1-10H3. The molecule has 4 amide bonds. The molecule has 2 rings (SSSR count). The zero-order chi connectivity index (χ0) is 24.2. The Morgan fingerprint density at radius 2 is 1.26 bits per heavy atom. The average molecular weight is 453 g/mol. The van der Waals surface area contributed by atoms with Crippen molar-refractivity contribution >= 4 is 35.4 Å². The van der Waals surface area contributed by atoms with E-state index >= 15 is 0 Å². The molecule has 0 bridgehead atoms. The van der Waals surface area contributed by atoms with Crippen LogP contribution in [0.1, 0.15) is 94.9 Å². The Morgan fingerprint density at radius 3 is 1.71 bits per heavy atom. The average Bonchev–Trinajstić information content (AvgIpc) is 3.00. The monoisotopic (exact) mass is 452 g/mol. The molecule has 0 aromatic rings. The van der Waals surface area contributed by atoms with E-state index in [-0.39, 0.29) is 52.4 Å². The van der Waals surface area contributed by atoms with Gasteiger partial charge in [0.15, 0.2) is 0 Å². The number of rotatable bonds is 6. The number of carbonyl (C=O) groups excluding carboxylic acids is 4. The van der Waals surface area contributed by atoms with Gasteiger partial charge in [-0.15, -0.1) is 11.8 Å². The van der Waals surface area contributed by atoms with Crippen molar-refractivity contribution in [3.8, 4) is 0 Å². The molecule has 2 unspecified atom stereocenters. The summed E-state index contributed by atoms with van der Waals surface area (Å²) in [4.78, 5) is 54.2. The number of imide groups is 2. The van der Waals surface area contributed by atoms with Crippen molar-refractivity contribution in [1.29, 1.82) is 0 Å². The fourth-order valence-corrected chi connectivity index (χ4v) is 5.91. The molecule has 0 N–H and O–H groups in total. The van der Waals surface area contributed by atoms with Gasteiger partial charge in [-0.2, -0.15) is 0 Å². The lowest BCUT2D eigenvalue weighted by molar-refractivity contribution is -0.148. The molecular formula is C24H40N2O4S. The third-order valence-electron chi connectivity index (χ3n) is 6.35. The smallest absolute Gasteiger partial charge is 0.243 e. The predicted octanol–water partition coefficient (Wildman–Crippen LogP) is 4.40. The molecule has 7 heteroatoms. The van der Waals surface area contributed by atoms with Crippen LogP contribution in [0.25, 0.3) is 0 Å². The topological polar surface area (TPSA) is 74.8 Å². The number of thioether (sulfide) groups is 1. The summed E-state index contributed by atoms with van der Waals surface area (Å²) in [6.07, 6.45) is 1.67. The number of nitrogens with zero attached hydrogens (tertiary/aromatic N) is 2. The van der Waals surface area contributed by atoms with Gasteiger partial charge in [-0.25, -0.2) is 0 Å². The Kier molecular flexibility index (Phi) is 6.85. The second-order valence-electron chi connectivity index (χ2n) is 12.3. The van der Waals surface area contributed by atoms with Crippen LogP contribution in [-0.2, 0) is 19.2 Å². The third-order valence-corrected chi connectivity index (χ3v) is 7.71. The van der Waals surface area contributed by atoms with Crippen LogP contribution < -0.4 is 0 Å². The zero-order valence-electron chi connectivity index (χ0n) is 20.9. The minimum atomic E-state index is -0.645. The van der Waals surface area contributed by atoms with E-state index in [0.29, 0.717) is 12.8 Å². The fraction of sp³-hybridized carbons (Fsp3) is 0.833. The van der Waals surface area contributed by atoms with Gasteiger partial charge in [0.1, 0.15) is 0 Å². The maximum atomic E-state index is 13.1. The van der Waals surface area contributed by atoms with E-state index in [9.17, 15) is 19.2 Å². The molecule has 0 aromatic heterocycles. The van der Waals surface area contributed by atoms with Crippen molar-refractivity contribution in [3.63, 3.8) is 0 Å². The maximum Gasteiger partial charge on any atom is 0.243 e. The van der Waals surface area contributed by atoms with Crippen LogP contribution in [0.2, 0.25) is 0 Å². The predicted molar refractivity (Wildman–Crippen MR) is 124 cm³/mol. The van der Waals surface area contributed by atoms with E-state index in [1.165, 1.54) is 9.80 Å². The second kappa shape index (κ2) is 8.20. The molecule has 2 aliphatic rings. The van der Waals surface area contributed by atoms with Crippen molar-refractivity contribution in [3.05, 3.63) is 0 Å². The summed E-state index contributed by atoms with van der Waals surface area (Å²) >= 11 is 1.54. The maximum absolute atomic E-state index is 13.1. The first-order chi connectivity index (χ1) is 13.8. The van der Waals surface area contributed by atoms with E-state index in [1.807, 2.05) is 69.2 Å². The van der Waals surface area contributed by atoms with Crippen LogP contribution in [0, 0.1) is 11.3 Å². The van der Waals surface area contributed by atoms with E-state index in [2.05, 4.69) is 0 Å². The van der Waals surface area contributed by atoms with E-state index in [0.717, 1.165) is 0 Å². The molecule has 31 heavy (non-hydrogen) atoms. The van der Waals surface area contributed by atoms with Crippen molar-refractivity contribution in [1.82, 2.24) is 9.80 Å². The molecule has 0 spiro atoms. The van der Waals surface area contributed by atoms with Crippen molar-refractivity contribution < 1.29 is 19.2 Å². The summed E-state index contributed by atoms with van der Waals surface area (Å²) in [6, 6.07) is 0. The van der Waals surface area contributed by atoms with Gasteiger partial charge in [0.2, 0.25) is 23.6 Å². The summed E-state index contributed by atoms with van der Waals surface area (Å²) in [7, 11) is 0. The highest BCUT2D eigenvalue weighted by Gasteiger charge is 2.51.